The Bertz CT molecular complexity index is 353. The van der Waals surface area contributed by atoms with Gasteiger partial charge in [0.2, 0.25) is 0 Å². The van der Waals surface area contributed by atoms with Crippen molar-refractivity contribution in [3.05, 3.63) is 29.8 Å². The highest BCUT2D eigenvalue weighted by Gasteiger charge is 2.27. The standard InChI is InChI=1S/C12H17FN2O/c1-15(7-9-3-12(16)4-9)8-10-2-11(13)6-14-5-10/h2,5-6,9,12,16H,3-4,7-8H2,1H3. The fourth-order valence-corrected chi connectivity index (χ4v) is 2.21. The van der Waals surface area contributed by atoms with Crippen LogP contribution in [0.4, 0.5) is 4.39 Å². The normalized spacial score (nSPS) is 24.5. The first kappa shape index (κ1) is 11.5. The summed E-state index contributed by atoms with van der Waals surface area (Å²) in [4.78, 5) is 5.97. The predicted molar refractivity (Wildman–Crippen MR) is 59.3 cm³/mol. The van der Waals surface area contributed by atoms with E-state index in [0.717, 1.165) is 24.9 Å². The maximum absolute atomic E-state index is 12.9. The summed E-state index contributed by atoms with van der Waals surface area (Å²) in [5.74, 6) is 0.298. The van der Waals surface area contributed by atoms with E-state index in [1.54, 1.807) is 6.20 Å². The number of aliphatic hydroxyl groups is 1. The number of nitrogens with zero attached hydrogens (tertiary/aromatic N) is 2. The van der Waals surface area contributed by atoms with Crippen LogP contribution in [-0.2, 0) is 6.54 Å². The lowest BCUT2D eigenvalue weighted by atomic mass is 9.82. The van der Waals surface area contributed by atoms with E-state index < -0.39 is 0 Å². The molecule has 1 aromatic heterocycles. The number of aliphatic hydroxyl groups excluding tert-OH is 1. The van der Waals surface area contributed by atoms with E-state index in [1.807, 2.05) is 7.05 Å². The van der Waals surface area contributed by atoms with Gasteiger partial charge < -0.3 is 10.0 Å². The van der Waals surface area contributed by atoms with Crippen molar-refractivity contribution in [2.45, 2.75) is 25.5 Å². The highest BCUT2D eigenvalue weighted by molar-refractivity contribution is 5.09. The zero-order valence-corrected chi connectivity index (χ0v) is 9.43. The van der Waals surface area contributed by atoms with Gasteiger partial charge in [-0.05, 0) is 37.4 Å². The molecule has 0 aliphatic heterocycles. The molecule has 0 atom stereocenters. The van der Waals surface area contributed by atoms with Gasteiger partial charge in [-0.25, -0.2) is 4.39 Å². The van der Waals surface area contributed by atoms with Crippen molar-refractivity contribution >= 4 is 0 Å². The Balaban J connectivity index is 1.80. The molecule has 16 heavy (non-hydrogen) atoms. The van der Waals surface area contributed by atoms with Crippen LogP contribution in [0.15, 0.2) is 18.5 Å². The van der Waals surface area contributed by atoms with E-state index in [0.29, 0.717) is 12.5 Å². The molecule has 1 aliphatic carbocycles. The van der Waals surface area contributed by atoms with Crippen molar-refractivity contribution in [2.24, 2.45) is 5.92 Å². The van der Waals surface area contributed by atoms with Gasteiger partial charge in [0.05, 0.1) is 12.3 Å². The quantitative estimate of drug-likeness (QED) is 0.840. The van der Waals surface area contributed by atoms with Gasteiger partial charge in [-0.3, -0.25) is 4.98 Å². The number of pyridine rings is 1. The number of aromatic nitrogens is 1. The molecule has 1 heterocycles. The van der Waals surface area contributed by atoms with Crippen LogP contribution in [0.25, 0.3) is 0 Å². The number of hydrogen-bond donors (Lipinski definition) is 1. The van der Waals surface area contributed by atoms with Gasteiger partial charge in [-0.1, -0.05) is 0 Å². The van der Waals surface area contributed by atoms with Crippen LogP contribution in [-0.4, -0.2) is 34.7 Å². The second kappa shape index (κ2) is 4.89. The zero-order chi connectivity index (χ0) is 11.5. The molecule has 3 nitrogen and oxygen atoms in total. The summed E-state index contributed by atoms with van der Waals surface area (Å²) in [5, 5.41) is 9.18. The first-order valence-corrected chi connectivity index (χ1v) is 5.59. The average molecular weight is 224 g/mol. The summed E-state index contributed by atoms with van der Waals surface area (Å²) >= 11 is 0. The Morgan fingerprint density at radius 1 is 1.50 bits per heavy atom. The monoisotopic (exact) mass is 224 g/mol. The molecule has 1 aliphatic rings. The third-order valence-corrected chi connectivity index (χ3v) is 2.99. The van der Waals surface area contributed by atoms with Crippen molar-refractivity contribution in [3.63, 3.8) is 0 Å². The first-order chi connectivity index (χ1) is 7.63. The molecule has 1 N–H and O–H groups in total. The molecule has 4 heteroatoms. The van der Waals surface area contributed by atoms with Crippen LogP contribution < -0.4 is 0 Å². The lowest BCUT2D eigenvalue weighted by molar-refractivity contribution is 0.0273. The molecule has 0 radical (unpaired) electrons. The Hall–Kier alpha value is -1.00. The Labute approximate surface area is 94.9 Å². The molecule has 1 aromatic rings. The maximum Gasteiger partial charge on any atom is 0.141 e. The van der Waals surface area contributed by atoms with Gasteiger partial charge >= 0.3 is 0 Å². The fourth-order valence-electron chi connectivity index (χ4n) is 2.21. The summed E-state index contributed by atoms with van der Waals surface area (Å²) in [6.45, 7) is 1.66. The second-order valence-corrected chi connectivity index (χ2v) is 4.70. The van der Waals surface area contributed by atoms with Crippen LogP contribution in [0.5, 0.6) is 0 Å². The van der Waals surface area contributed by atoms with Crippen LogP contribution in [0.2, 0.25) is 0 Å². The highest BCUT2D eigenvalue weighted by atomic mass is 19.1. The largest absolute Gasteiger partial charge is 0.393 e. The van der Waals surface area contributed by atoms with Gasteiger partial charge in [0.1, 0.15) is 5.82 Å². The van der Waals surface area contributed by atoms with Gasteiger partial charge in [-0.2, -0.15) is 0 Å². The minimum absolute atomic E-state index is 0.103. The van der Waals surface area contributed by atoms with Crippen LogP contribution in [0.1, 0.15) is 18.4 Å². The third kappa shape index (κ3) is 3.00. The van der Waals surface area contributed by atoms with Crippen LogP contribution in [0, 0.1) is 11.7 Å². The van der Waals surface area contributed by atoms with Crippen molar-refractivity contribution < 1.29 is 9.50 Å². The van der Waals surface area contributed by atoms with Gasteiger partial charge in [-0.15, -0.1) is 0 Å². The third-order valence-electron chi connectivity index (χ3n) is 2.99. The molecular formula is C12H17FN2O. The van der Waals surface area contributed by atoms with Crippen molar-refractivity contribution in [3.8, 4) is 0 Å². The average Bonchev–Trinajstić information content (AvgIpc) is 2.15. The van der Waals surface area contributed by atoms with Gasteiger partial charge in [0.15, 0.2) is 0 Å². The predicted octanol–water partition coefficient (Wildman–Crippen LogP) is 1.42. The van der Waals surface area contributed by atoms with Crippen molar-refractivity contribution in [1.82, 2.24) is 9.88 Å². The smallest absolute Gasteiger partial charge is 0.141 e. The molecule has 0 spiro atoms. The lowest BCUT2D eigenvalue weighted by Gasteiger charge is -2.34. The molecule has 1 fully saturated rings. The van der Waals surface area contributed by atoms with Gasteiger partial charge in [0, 0.05) is 19.3 Å². The summed E-state index contributed by atoms with van der Waals surface area (Å²) < 4.78 is 12.9. The molecule has 1 saturated carbocycles. The first-order valence-electron chi connectivity index (χ1n) is 5.59. The minimum atomic E-state index is -0.287. The van der Waals surface area contributed by atoms with E-state index in [9.17, 15) is 9.50 Å². The summed E-state index contributed by atoms with van der Waals surface area (Å²) in [6.07, 6.45) is 4.59. The van der Waals surface area contributed by atoms with E-state index in [2.05, 4.69) is 9.88 Å². The van der Waals surface area contributed by atoms with E-state index >= 15 is 0 Å². The maximum atomic E-state index is 12.9. The van der Waals surface area contributed by atoms with E-state index in [4.69, 9.17) is 0 Å². The topological polar surface area (TPSA) is 36.4 Å². The van der Waals surface area contributed by atoms with Crippen LogP contribution in [0.3, 0.4) is 0 Å². The van der Waals surface area contributed by atoms with Crippen molar-refractivity contribution in [2.75, 3.05) is 13.6 Å². The van der Waals surface area contributed by atoms with E-state index in [-0.39, 0.29) is 11.9 Å². The van der Waals surface area contributed by atoms with Crippen molar-refractivity contribution in [1.29, 1.82) is 0 Å². The molecule has 0 amide bonds. The second-order valence-electron chi connectivity index (χ2n) is 4.70. The minimum Gasteiger partial charge on any atom is -0.393 e. The molecule has 88 valence electrons. The number of rotatable bonds is 4. The summed E-state index contributed by atoms with van der Waals surface area (Å²) in [7, 11) is 2.01. The fraction of sp³-hybridized carbons (Fsp3) is 0.583. The number of halogens is 1. The Morgan fingerprint density at radius 2 is 2.25 bits per heavy atom. The Kier molecular flexibility index (Phi) is 3.51. The molecule has 2 rings (SSSR count). The molecule has 0 bridgehead atoms. The van der Waals surface area contributed by atoms with Crippen LogP contribution >= 0.6 is 0 Å². The molecule has 0 unspecified atom stereocenters. The summed E-state index contributed by atoms with van der Waals surface area (Å²) in [5.41, 5.74) is 0.891. The number of hydrogen-bond acceptors (Lipinski definition) is 3. The summed E-state index contributed by atoms with van der Waals surface area (Å²) in [6, 6.07) is 1.51. The lowest BCUT2D eigenvalue weighted by Crippen LogP contribution is -2.36. The van der Waals surface area contributed by atoms with E-state index in [1.165, 1.54) is 12.3 Å². The van der Waals surface area contributed by atoms with Gasteiger partial charge in [0.25, 0.3) is 0 Å². The SMILES string of the molecule is CN(Cc1cncc(F)c1)CC1CC(O)C1. The Morgan fingerprint density at radius 3 is 2.88 bits per heavy atom. The highest BCUT2D eigenvalue weighted by Crippen LogP contribution is 2.27. The zero-order valence-electron chi connectivity index (χ0n) is 9.43. The molecule has 0 aromatic carbocycles. The molecular weight excluding hydrogens is 207 g/mol. The molecule has 0 saturated heterocycles.